The fourth-order valence-corrected chi connectivity index (χ4v) is 12.2. The molecule has 13 aromatic rings. The lowest BCUT2D eigenvalue weighted by molar-refractivity contribution is 0.673. The number of furan rings is 1. The molecule has 0 aliphatic carbocycles. The maximum atomic E-state index is 6.94. The van der Waals surface area contributed by atoms with Gasteiger partial charge in [-0.25, -0.2) is 0 Å². The van der Waals surface area contributed by atoms with Crippen molar-refractivity contribution >= 4 is 111 Å². The number of benzene rings is 11. The van der Waals surface area contributed by atoms with Crippen LogP contribution >= 0.6 is 0 Å². The minimum atomic E-state index is -0.135. The minimum Gasteiger partial charge on any atom is -0.455 e. The third-order valence-corrected chi connectivity index (χ3v) is 15.1. The molecule has 11 aromatic carbocycles. The Morgan fingerprint density at radius 2 is 1.03 bits per heavy atom. The Labute approximate surface area is 381 Å². The van der Waals surface area contributed by atoms with E-state index in [1.54, 1.807) is 0 Å². The number of hydrogen-bond acceptors (Lipinski definition) is 2. The quantitative estimate of drug-likeness (QED) is 0.131. The van der Waals surface area contributed by atoms with Crippen LogP contribution in [0.2, 0.25) is 0 Å². The van der Waals surface area contributed by atoms with Crippen molar-refractivity contribution in [1.29, 1.82) is 0 Å². The molecule has 2 aromatic heterocycles. The van der Waals surface area contributed by atoms with Crippen LogP contribution in [0.5, 0.6) is 0 Å². The first-order valence-corrected chi connectivity index (χ1v) is 23.0. The van der Waals surface area contributed by atoms with Crippen molar-refractivity contribution in [2.24, 2.45) is 0 Å². The molecule has 0 amide bonds. The molecule has 0 atom stereocenters. The molecule has 306 valence electrons. The average molecular weight is 839 g/mol. The lowest BCUT2D eigenvalue weighted by Crippen LogP contribution is -2.56. The molecule has 4 heterocycles. The third kappa shape index (κ3) is 4.72. The van der Waals surface area contributed by atoms with Gasteiger partial charge in [-0.05, 0) is 145 Å². The number of fused-ring (bicyclic) bond motifs is 15. The smallest absolute Gasteiger partial charge is 0.333 e. The van der Waals surface area contributed by atoms with Crippen LogP contribution in [0.4, 0.5) is 17.1 Å². The topological polar surface area (TPSA) is 21.3 Å². The Balaban J connectivity index is 1.16. The first kappa shape index (κ1) is 36.1. The monoisotopic (exact) mass is 838 g/mol. The van der Waals surface area contributed by atoms with Crippen molar-refractivity contribution < 1.29 is 4.42 Å². The van der Waals surface area contributed by atoms with Crippen LogP contribution in [0.25, 0.3) is 109 Å². The molecular weight excluding hydrogens is 800 g/mol. The zero-order valence-corrected chi connectivity index (χ0v) is 36.4. The zero-order chi connectivity index (χ0) is 43.4. The Morgan fingerprint density at radius 3 is 1.74 bits per heavy atom. The molecule has 0 saturated carbocycles. The molecular formula is C62H39BN2O. The van der Waals surface area contributed by atoms with Crippen LogP contribution in [0.3, 0.4) is 0 Å². The van der Waals surface area contributed by atoms with Crippen LogP contribution in [-0.4, -0.2) is 11.3 Å². The summed E-state index contributed by atoms with van der Waals surface area (Å²) in [7, 11) is 0. The second-order valence-corrected chi connectivity index (χ2v) is 18.4. The van der Waals surface area contributed by atoms with Gasteiger partial charge in [0.15, 0.2) is 0 Å². The van der Waals surface area contributed by atoms with Gasteiger partial charge in [-0.15, -0.1) is 0 Å². The number of rotatable bonds is 3. The largest absolute Gasteiger partial charge is 0.455 e. The fourth-order valence-electron chi connectivity index (χ4n) is 12.2. The molecule has 4 heteroatoms. The summed E-state index contributed by atoms with van der Waals surface area (Å²) in [5, 5.41) is 12.3. The fraction of sp³-hybridized carbons (Fsp3) is 0.0323. The number of aryl methyl sites for hydroxylation is 2. The van der Waals surface area contributed by atoms with Gasteiger partial charge in [0.25, 0.3) is 0 Å². The van der Waals surface area contributed by atoms with Crippen molar-refractivity contribution in [2.45, 2.75) is 13.8 Å². The molecule has 0 bridgehead atoms. The van der Waals surface area contributed by atoms with Crippen molar-refractivity contribution in [1.82, 2.24) is 4.48 Å². The van der Waals surface area contributed by atoms with Crippen LogP contribution in [0.1, 0.15) is 11.1 Å². The maximum Gasteiger partial charge on any atom is 0.333 e. The average Bonchev–Trinajstić information content (AvgIpc) is 3.93. The van der Waals surface area contributed by atoms with E-state index in [0.29, 0.717) is 0 Å². The number of hydrogen-bond donors (Lipinski definition) is 0. The number of para-hydroxylation sites is 2. The summed E-state index contributed by atoms with van der Waals surface area (Å²) in [4.78, 5) is 2.61. The van der Waals surface area contributed by atoms with Crippen molar-refractivity contribution in [3.8, 4) is 33.4 Å². The van der Waals surface area contributed by atoms with Gasteiger partial charge in [0, 0.05) is 49.8 Å². The Kier molecular flexibility index (Phi) is 7.17. The van der Waals surface area contributed by atoms with Gasteiger partial charge in [-0.2, -0.15) is 0 Å². The Bertz CT molecular complexity index is 4200. The van der Waals surface area contributed by atoms with Crippen molar-refractivity contribution in [2.75, 3.05) is 4.90 Å². The van der Waals surface area contributed by atoms with Gasteiger partial charge in [-0.1, -0.05) is 152 Å². The standard InChI is InChI=1S/C62H39BN2O/c1-36-44-22-11-12-23-45(44)37(2)50-35-55-53(34-49(36)50)63-60-56(64(55)43-30-41(38-17-5-3-6-18-38)29-42(31-43)39-19-7-4-8-20-39)32-40-21-9-10-24-46(40)58(60)52-33-51-47-25-14-16-28-57(47)66-62(51)59-48-26-13-15-27-54(48)65(63)61(52)59/h3-35H,1-2H3. The third-order valence-electron chi connectivity index (χ3n) is 15.1. The molecule has 15 rings (SSSR count). The van der Waals surface area contributed by atoms with Gasteiger partial charge in [0.1, 0.15) is 11.2 Å². The summed E-state index contributed by atoms with van der Waals surface area (Å²) in [6, 6.07) is 74.4. The summed E-state index contributed by atoms with van der Waals surface area (Å²) in [6.45, 7) is 4.49. The highest BCUT2D eigenvalue weighted by Crippen LogP contribution is 2.52. The van der Waals surface area contributed by atoms with E-state index in [1.165, 1.54) is 121 Å². The number of aromatic nitrogens is 1. The van der Waals surface area contributed by atoms with E-state index < -0.39 is 0 Å². The Hall–Kier alpha value is -8.34. The highest BCUT2D eigenvalue weighted by atomic mass is 16.3. The molecule has 3 nitrogen and oxygen atoms in total. The lowest BCUT2D eigenvalue weighted by Gasteiger charge is -2.41. The lowest BCUT2D eigenvalue weighted by atomic mass is 9.44. The van der Waals surface area contributed by atoms with Crippen LogP contribution in [-0.2, 0) is 0 Å². The normalized spacial score (nSPS) is 12.9. The van der Waals surface area contributed by atoms with Gasteiger partial charge in [0.2, 0.25) is 0 Å². The second kappa shape index (κ2) is 13.1. The van der Waals surface area contributed by atoms with E-state index in [9.17, 15) is 0 Å². The highest BCUT2D eigenvalue weighted by Gasteiger charge is 2.44. The molecule has 0 unspecified atom stereocenters. The molecule has 66 heavy (non-hydrogen) atoms. The number of nitrogens with zero attached hydrogens (tertiary/aromatic N) is 2. The molecule has 0 spiro atoms. The van der Waals surface area contributed by atoms with E-state index in [1.807, 2.05) is 0 Å². The molecule has 0 fully saturated rings. The minimum absolute atomic E-state index is 0.135. The summed E-state index contributed by atoms with van der Waals surface area (Å²) >= 11 is 0. The molecule has 0 saturated heterocycles. The van der Waals surface area contributed by atoms with E-state index in [0.717, 1.165) is 27.6 Å². The summed E-state index contributed by atoms with van der Waals surface area (Å²) in [5.74, 6) is 0. The first-order chi connectivity index (χ1) is 32.6. The Morgan fingerprint density at radius 1 is 0.439 bits per heavy atom. The SMILES string of the molecule is Cc1c2ccccc2c(C)c2cc3c(cc12)B1c2c(cc4ccccc4c2-c2cc4c5ccccc5oc4c4c5ccccc5n1c24)N3c1cc(-c2ccccc2)cc(-c2ccccc2)c1. The van der Waals surface area contributed by atoms with E-state index in [4.69, 9.17) is 4.42 Å². The summed E-state index contributed by atoms with van der Waals surface area (Å²) in [6.07, 6.45) is 0. The van der Waals surface area contributed by atoms with Crippen LogP contribution in [0, 0.1) is 13.8 Å². The summed E-state index contributed by atoms with van der Waals surface area (Å²) < 4.78 is 9.61. The predicted octanol–water partition coefficient (Wildman–Crippen LogP) is 15.5. The summed E-state index contributed by atoms with van der Waals surface area (Å²) in [5.41, 5.74) is 20.3. The predicted molar refractivity (Wildman–Crippen MR) is 280 cm³/mol. The van der Waals surface area contributed by atoms with Crippen molar-refractivity contribution in [3.05, 3.63) is 211 Å². The maximum absolute atomic E-state index is 6.94. The van der Waals surface area contributed by atoms with Crippen LogP contribution < -0.4 is 15.8 Å². The van der Waals surface area contributed by atoms with E-state index in [-0.39, 0.29) is 6.85 Å². The van der Waals surface area contributed by atoms with Gasteiger partial charge >= 0.3 is 6.85 Å². The van der Waals surface area contributed by atoms with E-state index in [2.05, 4.69) is 223 Å². The van der Waals surface area contributed by atoms with Gasteiger partial charge in [0.05, 0.1) is 5.39 Å². The molecule has 0 N–H and O–H groups in total. The van der Waals surface area contributed by atoms with Gasteiger partial charge < -0.3 is 13.8 Å². The van der Waals surface area contributed by atoms with Crippen molar-refractivity contribution in [3.63, 3.8) is 0 Å². The zero-order valence-electron chi connectivity index (χ0n) is 36.4. The highest BCUT2D eigenvalue weighted by molar-refractivity contribution is 6.90. The molecule has 0 radical (unpaired) electrons. The van der Waals surface area contributed by atoms with Gasteiger partial charge in [-0.3, -0.25) is 0 Å². The van der Waals surface area contributed by atoms with Crippen LogP contribution in [0.15, 0.2) is 205 Å². The first-order valence-electron chi connectivity index (χ1n) is 23.0. The molecule has 2 aliphatic heterocycles. The molecule has 2 aliphatic rings. The number of anilines is 3. The second-order valence-electron chi connectivity index (χ2n) is 18.4. The van der Waals surface area contributed by atoms with E-state index >= 15 is 0 Å².